The van der Waals surface area contributed by atoms with Crippen LogP contribution in [0.15, 0.2) is 18.2 Å². The highest BCUT2D eigenvalue weighted by atomic mass is 35.5. The van der Waals surface area contributed by atoms with Gasteiger partial charge in [0.15, 0.2) is 0 Å². The molecule has 1 N–H and O–H groups in total. The van der Waals surface area contributed by atoms with E-state index in [2.05, 4.69) is 29.5 Å². The van der Waals surface area contributed by atoms with Crippen LogP contribution in [0.25, 0.3) is 5.69 Å². The van der Waals surface area contributed by atoms with E-state index in [9.17, 15) is 0 Å². The van der Waals surface area contributed by atoms with E-state index in [1.807, 2.05) is 13.1 Å². The third-order valence-electron chi connectivity index (χ3n) is 3.35. The number of aromatic nitrogens is 3. The quantitative estimate of drug-likeness (QED) is 0.913. The zero-order chi connectivity index (χ0) is 14.7. The van der Waals surface area contributed by atoms with Crippen molar-refractivity contribution in [3.05, 3.63) is 39.6 Å². The van der Waals surface area contributed by atoms with E-state index in [1.165, 1.54) is 0 Å². The van der Waals surface area contributed by atoms with Gasteiger partial charge in [0.25, 0.3) is 0 Å². The third-order valence-corrected chi connectivity index (χ3v) is 3.89. The fourth-order valence-corrected chi connectivity index (χ4v) is 2.78. The van der Waals surface area contributed by atoms with Crippen molar-refractivity contribution < 1.29 is 0 Å². The van der Waals surface area contributed by atoms with E-state index >= 15 is 0 Å². The van der Waals surface area contributed by atoms with Crippen molar-refractivity contribution in [3.8, 4) is 5.69 Å². The number of rotatable bonds is 5. The van der Waals surface area contributed by atoms with Gasteiger partial charge in [0.2, 0.25) is 0 Å². The van der Waals surface area contributed by atoms with Gasteiger partial charge >= 0.3 is 0 Å². The molecule has 0 bridgehead atoms. The van der Waals surface area contributed by atoms with E-state index in [-0.39, 0.29) is 6.04 Å². The van der Waals surface area contributed by atoms with Crippen LogP contribution in [0.1, 0.15) is 37.7 Å². The van der Waals surface area contributed by atoms with Crippen LogP contribution in [0.4, 0.5) is 0 Å². The normalized spacial score (nSPS) is 12.7. The van der Waals surface area contributed by atoms with E-state index < -0.39 is 0 Å². The molecule has 0 aliphatic carbocycles. The first-order valence-electron chi connectivity index (χ1n) is 6.69. The SMILES string of the molecule is CCc1c(C(CC)NC)nnn1-c1ccc(Cl)cc1Cl. The fourth-order valence-electron chi connectivity index (χ4n) is 2.30. The summed E-state index contributed by atoms with van der Waals surface area (Å²) in [5.74, 6) is 0. The Bertz CT molecular complexity index is 591. The van der Waals surface area contributed by atoms with Crippen molar-refractivity contribution in [1.82, 2.24) is 20.3 Å². The van der Waals surface area contributed by atoms with E-state index in [1.54, 1.807) is 16.8 Å². The number of halogens is 2. The maximum atomic E-state index is 6.26. The van der Waals surface area contributed by atoms with Crippen LogP contribution in [-0.2, 0) is 6.42 Å². The highest BCUT2D eigenvalue weighted by Crippen LogP contribution is 2.27. The summed E-state index contributed by atoms with van der Waals surface area (Å²) in [5.41, 5.74) is 2.84. The molecule has 0 aliphatic rings. The lowest BCUT2D eigenvalue weighted by atomic mass is 10.1. The van der Waals surface area contributed by atoms with Crippen molar-refractivity contribution >= 4 is 23.2 Å². The maximum absolute atomic E-state index is 6.26. The van der Waals surface area contributed by atoms with Gasteiger partial charge in [-0.3, -0.25) is 0 Å². The summed E-state index contributed by atoms with van der Waals surface area (Å²) < 4.78 is 1.80. The minimum atomic E-state index is 0.199. The first-order chi connectivity index (χ1) is 9.62. The molecule has 1 aromatic carbocycles. The molecule has 0 amide bonds. The number of nitrogens with zero attached hydrogens (tertiary/aromatic N) is 3. The first-order valence-corrected chi connectivity index (χ1v) is 7.45. The number of hydrogen-bond acceptors (Lipinski definition) is 3. The van der Waals surface area contributed by atoms with Gasteiger partial charge in [-0.2, -0.15) is 0 Å². The molecule has 0 radical (unpaired) electrons. The molecule has 1 aromatic heterocycles. The Morgan fingerprint density at radius 2 is 2.05 bits per heavy atom. The van der Waals surface area contributed by atoms with Crippen LogP contribution in [0.5, 0.6) is 0 Å². The Kier molecular flexibility index (Phi) is 5.02. The zero-order valence-electron chi connectivity index (χ0n) is 11.8. The highest BCUT2D eigenvalue weighted by molar-refractivity contribution is 6.35. The molecular weight excluding hydrogens is 295 g/mol. The fraction of sp³-hybridized carbons (Fsp3) is 0.429. The van der Waals surface area contributed by atoms with Crippen LogP contribution in [0, 0.1) is 0 Å². The number of nitrogens with one attached hydrogen (secondary N) is 1. The molecule has 1 heterocycles. The largest absolute Gasteiger partial charge is 0.312 e. The molecule has 20 heavy (non-hydrogen) atoms. The van der Waals surface area contributed by atoms with Crippen molar-refractivity contribution in [2.45, 2.75) is 32.7 Å². The molecule has 2 aromatic rings. The van der Waals surface area contributed by atoms with Crippen LogP contribution >= 0.6 is 23.2 Å². The molecule has 0 saturated heterocycles. The molecular formula is C14H18Cl2N4. The summed E-state index contributed by atoms with van der Waals surface area (Å²) in [7, 11) is 1.93. The Morgan fingerprint density at radius 1 is 1.30 bits per heavy atom. The Balaban J connectivity index is 2.52. The molecule has 108 valence electrons. The smallest absolute Gasteiger partial charge is 0.103 e. The van der Waals surface area contributed by atoms with Gasteiger partial charge in [-0.05, 0) is 38.1 Å². The third kappa shape index (κ3) is 2.82. The van der Waals surface area contributed by atoms with Crippen molar-refractivity contribution in [1.29, 1.82) is 0 Å². The van der Waals surface area contributed by atoms with Gasteiger partial charge in [-0.25, -0.2) is 4.68 Å². The molecule has 1 unspecified atom stereocenters. The lowest BCUT2D eigenvalue weighted by Crippen LogP contribution is -2.17. The Hall–Kier alpha value is -1.10. The first kappa shape index (κ1) is 15.3. The second kappa shape index (κ2) is 6.57. The summed E-state index contributed by atoms with van der Waals surface area (Å²) in [4.78, 5) is 0. The molecule has 0 saturated carbocycles. The monoisotopic (exact) mass is 312 g/mol. The van der Waals surface area contributed by atoms with Gasteiger partial charge in [0, 0.05) is 5.02 Å². The van der Waals surface area contributed by atoms with Crippen LogP contribution < -0.4 is 5.32 Å². The van der Waals surface area contributed by atoms with Crippen molar-refractivity contribution in [2.75, 3.05) is 7.05 Å². The molecule has 0 fully saturated rings. The van der Waals surface area contributed by atoms with Crippen LogP contribution in [-0.4, -0.2) is 22.0 Å². The van der Waals surface area contributed by atoms with E-state index in [0.29, 0.717) is 10.0 Å². The topological polar surface area (TPSA) is 42.7 Å². The summed E-state index contributed by atoms with van der Waals surface area (Å²) in [6.07, 6.45) is 1.79. The molecule has 0 aliphatic heterocycles. The zero-order valence-corrected chi connectivity index (χ0v) is 13.3. The predicted octanol–water partition coefficient (Wildman–Crippen LogP) is 3.81. The average molecular weight is 313 g/mol. The van der Waals surface area contributed by atoms with Crippen molar-refractivity contribution in [3.63, 3.8) is 0 Å². The molecule has 1 atom stereocenters. The highest BCUT2D eigenvalue weighted by Gasteiger charge is 2.20. The molecule has 6 heteroatoms. The van der Waals surface area contributed by atoms with E-state index in [0.717, 1.165) is 29.9 Å². The summed E-state index contributed by atoms with van der Waals surface area (Å²) in [6.45, 7) is 4.21. The average Bonchev–Trinajstić information content (AvgIpc) is 2.84. The molecule has 2 rings (SSSR count). The Morgan fingerprint density at radius 3 is 2.60 bits per heavy atom. The summed E-state index contributed by atoms with van der Waals surface area (Å²) in [5, 5.41) is 13.0. The summed E-state index contributed by atoms with van der Waals surface area (Å²) >= 11 is 12.2. The minimum Gasteiger partial charge on any atom is -0.312 e. The lowest BCUT2D eigenvalue weighted by molar-refractivity contribution is 0.555. The number of hydrogen-bond donors (Lipinski definition) is 1. The standard InChI is InChI=1S/C14H18Cl2N4/c1-4-11(17-3)14-12(5-2)20(19-18-14)13-7-6-9(15)8-10(13)16/h6-8,11,17H,4-5H2,1-3H3. The van der Waals surface area contributed by atoms with Gasteiger partial charge < -0.3 is 5.32 Å². The van der Waals surface area contributed by atoms with Gasteiger partial charge in [0.05, 0.1) is 22.4 Å². The predicted molar refractivity (Wildman–Crippen MR) is 82.8 cm³/mol. The van der Waals surface area contributed by atoms with Crippen molar-refractivity contribution in [2.24, 2.45) is 0 Å². The Labute approximate surface area is 129 Å². The second-order valence-electron chi connectivity index (χ2n) is 4.53. The minimum absolute atomic E-state index is 0.199. The number of benzene rings is 1. The van der Waals surface area contributed by atoms with Gasteiger partial charge in [-0.15, -0.1) is 5.10 Å². The van der Waals surface area contributed by atoms with Crippen LogP contribution in [0.3, 0.4) is 0 Å². The maximum Gasteiger partial charge on any atom is 0.103 e. The lowest BCUT2D eigenvalue weighted by Gasteiger charge is -2.13. The molecule has 0 spiro atoms. The van der Waals surface area contributed by atoms with Crippen LogP contribution in [0.2, 0.25) is 10.0 Å². The van der Waals surface area contributed by atoms with Gasteiger partial charge in [-0.1, -0.05) is 42.3 Å². The summed E-state index contributed by atoms with van der Waals surface area (Å²) in [6, 6.07) is 5.58. The molecule has 4 nitrogen and oxygen atoms in total. The van der Waals surface area contributed by atoms with E-state index in [4.69, 9.17) is 23.2 Å². The second-order valence-corrected chi connectivity index (χ2v) is 5.38. The van der Waals surface area contributed by atoms with Gasteiger partial charge in [0.1, 0.15) is 5.69 Å².